The molecule has 0 spiro atoms. The lowest BCUT2D eigenvalue weighted by Gasteiger charge is -2.23. The highest BCUT2D eigenvalue weighted by Crippen LogP contribution is 2.27. The lowest BCUT2D eigenvalue weighted by atomic mass is 10.0. The van der Waals surface area contributed by atoms with Crippen molar-refractivity contribution in [2.24, 2.45) is 0 Å². The van der Waals surface area contributed by atoms with Crippen LogP contribution in [0, 0.1) is 0 Å². The second-order valence-corrected chi connectivity index (χ2v) is 2.98. The summed E-state index contributed by atoms with van der Waals surface area (Å²) in [5, 5.41) is 0. The molecule has 0 amide bonds. The van der Waals surface area contributed by atoms with Crippen molar-refractivity contribution < 1.29 is 9.47 Å². The molecule has 0 aromatic rings. The molecule has 0 aromatic heterocycles. The maximum absolute atomic E-state index is 5.44. The molecule has 2 nitrogen and oxygen atoms in total. The molecule has 0 radical (unpaired) electrons. The molecule has 2 aliphatic rings. The predicted octanol–water partition coefficient (Wildman–Crippen LogP) is 1.98. The minimum Gasteiger partial charge on any atom is -0.491 e. The van der Waals surface area contributed by atoms with Gasteiger partial charge in [0, 0.05) is 6.42 Å². The van der Waals surface area contributed by atoms with Crippen LogP contribution in [0.15, 0.2) is 23.2 Å². The van der Waals surface area contributed by atoms with Crippen molar-refractivity contribution in [3.05, 3.63) is 23.2 Å². The van der Waals surface area contributed by atoms with E-state index in [1.54, 1.807) is 0 Å². The van der Waals surface area contributed by atoms with Gasteiger partial charge in [-0.15, -0.1) is 0 Å². The summed E-state index contributed by atoms with van der Waals surface area (Å²) in [5.74, 6) is 2.00. The van der Waals surface area contributed by atoms with Crippen LogP contribution in [0.5, 0.6) is 0 Å². The third kappa shape index (κ3) is 1.25. The van der Waals surface area contributed by atoms with Crippen LogP contribution in [-0.4, -0.2) is 13.2 Å². The van der Waals surface area contributed by atoms with E-state index in [9.17, 15) is 0 Å². The highest BCUT2D eigenvalue weighted by atomic mass is 16.6. The molecule has 0 saturated carbocycles. The van der Waals surface area contributed by atoms with E-state index < -0.39 is 0 Å². The van der Waals surface area contributed by atoms with Crippen molar-refractivity contribution in [1.29, 1.82) is 0 Å². The lowest BCUT2D eigenvalue weighted by Crippen LogP contribution is -2.15. The van der Waals surface area contributed by atoms with Gasteiger partial charge in [0.05, 0.1) is 0 Å². The Morgan fingerprint density at radius 1 is 1.18 bits per heavy atom. The molecule has 2 heteroatoms. The molecule has 0 aromatic carbocycles. The fourth-order valence-corrected chi connectivity index (χ4v) is 1.39. The minimum absolute atomic E-state index is 0.697. The second kappa shape index (κ2) is 2.61. The number of hydrogen-bond acceptors (Lipinski definition) is 2. The zero-order valence-electron chi connectivity index (χ0n) is 6.72. The van der Waals surface area contributed by atoms with Crippen molar-refractivity contribution in [3.8, 4) is 0 Å². The predicted molar refractivity (Wildman–Crippen MR) is 41.9 cm³/mol. The topological polar surface area (TPSA) is 18.5 Å². The third-order valence-electron chi connectivity index (χ3n) is 2.02. The average molecular weight is 152 g/mol. The molecule has 1 aliphatic heterocycles. The average Bonchev–Trinajstić information content (AvgIpc) is 2.04. The Balaban J connectivity index is 2.25. The molecule has 0 fully saturated rings. The van der Waals surface area contributed by atoms with Crippen LogP contribution in [0.2, 0.25) is 0 Å². The van der Waals surface area contributed by atoms with Gasteiger partial charge in [-0.3, -0.25) is 0 Å². The standard InChI is InChI=1S/C9H12O2/c1-7-2-3-8-9(6-7)11-5-4-10-8/h6H,2-5H2,1H3. The molecular formula is C9H12O2. The van der Waals surface area contributed by atoms with Gasteiger partial charge in [0.1, 0.15) is 19.0 Å². The van der Waals surface area contributed by atoms with Crippen LogP contribution in [0.1, 0.15) is 19.8 Å². The normalized spacial score (nSPS) is 23.2. The van der Waals surface area contributed by atoms with Crippen LogP contribution in [0.4, 0.5) is 0 Å². The van der Waals surface area contributed by atoms with E-state index >= 15 is 0 Å². The summed E-state index contributed by atoms with van der Waals surface area (Å²) in [6.45, 7) is 3.54. The van der Waals surface area contributed by atoms with Gasteiger partial charge >= 0.3 is 0 Å². The van der Waals surface area contributed by atoms with Crippen molar-refractivity contribution in [2.45, 2.75) is 19.8 Å². The first-order chi connectivity index (χ1) is 5.36. The second-order valence-electron chi connectivity index (χ2n) is 2.98. The fraction of sp³-hybridized carbons (Fsp3) is 0.556. The van der Waals surface area contributed by atoms with E-state index in [0.717, 1.165) is 24.4 Å². The van der Waals surface area contributed by atoms with Crippen molar-refractivity contribution in [1.82, 2.24) is 0 Å². The van der Waals surface area contributed by atoms with E-state index in [4.69, 9.17) is 9.47 Å². The number of hydrogen-bond donors (Lipinski definition) is 0. The Kier molecular flexibility index (Phi) is 1.60. The summed E-state index contributed by atoms with van der Waals surface area (Å²) < 4.78 is 10.9. The Bertz CT molecular complexity index is 226. The Hall–Kier alpha value is -0.920. The molecule has 60 valence electrons. The van der Waals surface area contributed by atoms with Gasteiger partial charge in [0.2, 0.25) is 0 Å². The Morgan fingerprint density at radius 3 is 2.91 bits per heavy atom. The summed E-state index contributed by atoms with van der Waals surface area (Å²) in [6.07, 6.45) is 4.21. The van der Waals surface area contributed by atoms with Crippen molar-refractivity contribution in [2.75, 3.05) is 13.2 Å². The molecule has 0 atom stereocenters. The molecule has 0 N–H and O–H groups in total. The third-order valence-corrected chi connectivity index (χ3v) is 2.02. The first-order valence-electron chi connectivity index (χ1n) is 4.02. The monoisotopic (exact) mass is 152 g/mol. The Labute approximate surface area is 66.5 Å². The highest BCUT2D eigenvalue weighted by Gasteiger charge is 2.17. The van der Waals surface area contributed by atoms with Gasteiger partial charge in [0.15, 0.2) is 5.76 Å². The van der Waals surface area contributed by atoms with Crippen LogP contribution in [0.3, 0.4) is 0 Å². The van der Waals surface area contributed by atoms with E-state index in [1.165, 1.54) is 5.57 Å². The molecule has 2 rings (SSSR count). The molecule has 1 heterocycles. The molecule has 11 heavy (non-hydrogen) atoms. The summed E-state index contributed by atoms with van der Waals surface area (Å²) in [7, 11) is 0. The van der Waals surface area contributed by atoms with E-state index in [-0.39, 0.29) is 0 Å². The number of allylic oxidation sites excluding steroid dienone is 3. The Morgan fingerprint density at radius 2 is 2.00 bits per heavy atom. The smallest absolute Gasteiger partial charge is 0.157 e. The molecular weight excluding hydrogens is 140 g/mol. The van der Waals surface area contributed by atoms with Crippen LogP contribution in [0.25, 0.3) is 0 Å². The highest BCUT2D eigenvalue weighted by molar-refractivity contribution is 5.26. The molecule has 0 bridgehead atoms. The van der Waals surface area contributed by atoms with Crippen LogP contribution in [-0.2, 0) is 9.47 Å². The van der Waals surface area contributed by atoms with Gasteiger partial charge in [0.25, 0.3) is 0 Å². The van der Waals surface area contributed by atoms with Crippen LogP contribution < -0.4 is 0 Å². The van der Waals surface area contributed by atoms with Gasteiger partial charge in [-0.25, -0.2) is 0 Å². The van der Waals surface area contributed by atoms with Gasteiger partial charge in [-0.05, 0) is 19.4 Å². The van der Waals surface area contributed by atoms with Crippen molar-refractivity contribution >= 4 is 0 Å². The summed E-state index contributed by atoms with van der Waals surface area (Å²) in [4.78, 5) is 0. The zero-order valence-corrected chi connectivity index (χ0v) is 6.72. The van der Waals surface area contributed by atoms with E-state index in [0.29, 0.717) is 13.2 Å². The SMILES string of the molecule is CC1=CC2=C(CC1)OCCO2. The molecule has 0 saturated heterocycles. The van der Waals surface area contributed by atoms with Gasteiger partial charge in [-0.1, -0.05) is 5.57 Å². The zero-order chi connectivity index (χ0) is 7.68. The van der Waals surface area contributed by atoms with E-state index in [1.807, 2.05) is 0 Å². The summed E-state index contributed by atoms with van der Waals surface area (Å²) in [5.41, 5.74) is 1.38. The maximum atomic E-state index is 5.44. The molecule has 1 aliphatic carbocycles. The van der Waals surface area contributed by atoms with Gasteiger partial charge in [-0.2, -0.15) is 0 Å². The van der Waals surface area contributed by atoms with Crippen molar-refractivity contribution in [3.63, 3.8) is 0 Å². The summed E-state index contributed by atoms with van der Waals surface area (Å²) in [6, 6.07) is 0. The fourth-order valence-electron chi connectivity index (χ4n) is 1.39. The van der Waals surface area contributed by atoms with Crippen LogP contribution >= 0.6 is 0 Å². The number of rotatable bonds is 0. The maximum Gasteiger partial charge on any atom is 0.157 e. The minimum atomic E-state index is 0.697. The molecule has 0 unspecified atom stereocenters. The summed E-state index contributed by atoms with van der Waals surface area (Å²) >= 11 is 0. The first-order valence-corrected chi connectivity index (χ1v) is 4.02. The van der Waals surface area contributed by atoms with E-state index in [2.05, 4.69) is 13.0 Å². The lowest BCUT2D eigenvalue weighted by molar-refractivity contribution is 0.0625. The first kappa shape index (κ1) is 6.77. The number of ether oxygens (including phenoxy) is 2. The largest absolute Gasteiger partial charge is 0.491 e. The van der Waals surface area contributed by atoms with Gasteiger partial charge < -0.3 is 9.47 Å². The quantitative estimate of drug-likeness (QED) is 0.528.